The average Bonchev–Trinajstić information content (AvgIpc) is 3.21. The maximum absolute atomic E-state index is 5.62. The second-order valence-electron chi connectivity index (χ2n) is 10.5. The molecule has 1 heterocycles. The van der Waals surface area contributed by atoms with E-state index in [1.807, 2.05) is 0 Å². The van der Waals surface area contributed by atoms with Gasteiger partial charge < -0.3 is 32.2 Å². The van der Waals surface area contributed by atoms with Gasteiger partial charge >= 0.3 is 21.7 Å². The Labute approximate surface area is 209 Å². The second-order valence-corrected chi connectivity index (χ2v) is 14.7. The summed E-state index contributed by atoms with van der Waals surface area (Å²) >= 11 is 0. The summed E-state index contributed by atoms with van der Waals surface area (Å²) in [4.78, 5) is 8.47. The van der Waals surface area contributed by atoms with E-state index in [1.165, 1.54) is 83.3 Å². The molecule has 3 unspecified atom stereocenters. The summed E-state index contributed by atoms with van der Waals surface area (Å²) in [5, 5.41) is 0. The van der Waals surface area contributed by atoms with E-state index >= 15 is 0 Å². The minimum absolute atomic E-state index is 0. The molecule has 4 atom stereocenters. The van der Waals surface area contributed by atoms with Crippen molar-refractivity contribution in [2.24, 2.45) is 5.92 Å². The number of hydrogen-bond donors (Lipinski definition) is 0. The van der Waals surface area contributed by atoms with Crippen molar-refractivity contribution in [1.82, 2.24) is 4.90 Å². The zero-order valence-corrected chi connectivity index (χ0v) is 24.9. The maximum atomic E-state index is 5.62. The van der Waals surface area contributed by atoms with E-state index in [4.69, 9.17) is 4.98 Å². The van der Waals surface area contributed by atoms with Crippen molar-refractivity contribution in [1.29, 1.82) is 0 Å². The van der Waals surface area contributed by atoms with E-state index in [0.717, 1.165) is 17.5 Å². The summed E-state index contributed by atoms with van der Waals surface area (Å²) in [5.74, 6) is 0.951. The van der Waals surface area contributed by atoms with Gasteiger partial charge in [0.2, 0.25) is 0 Å². The van der Waals surface area contributed by atoms with Gasteiger partial charge in [0.25, 0.3) is 0 Å². The molecule has 2 aliphatic rings. The van der Waals surface area contributed by atoms with Crippen LogP contribution in [0.2, 0.25) is 18.1 Å². The molecule has 1 aliphatic carbocycles. The molecule has 1 aliphatic heterocycles. The first-order valence-corrected chi connectivity index (χ1v) is 14.5. The molecule has 1 saturated heterocycles. The van der Waals surface area contributed by atoms with Gasteiger partial charge in [-0.3, -0.25) is 0 Å². The van der Waals surface area contributed by atoms with Gasteiger partial charge in [0, 0.05) is 6.04 Å². The van der Waals surface area contributed by atoms with E-state index in [0.29, 0.717) is 0 Å². The van der Waals surface area contributed by atoms with Crippen LogP contribution in [0.1, 0.15) is 98.8 Å². The Morgan fingerprint density at radius 2 is 1.47 bits per heavy atom. The Bertz CT molecular complexity index is 406. The third-order valence-corrected chi connectivity index (χ3v) is 11.8. The first-order valence-electron chi connectivity index (χ1n) is 11.8. The van der Waals surface area contributed by atoms with Gasteiger partial charge in [0.05, 0.1) is 0 Å². The van der Waals surface area contributed by atoms with Crippen LogP contribution in [-0.2, 0) is 21.7 Å². The molecule has 0 radical (unpaired) electrons. The zero-order valence-electron chi connectivity index (χ0n) is 22.3. The molecule has 2 nitrogen and oxygen atoms in total. The van der Waals surface area contributed by atoms with Gasteiger partial charge in [0.1, 0.15) is 0 Å². The van der Waals surface area contributed by atoms with E-state index in [1.54, 1.807) is 0 Å². The first kappa shape index (κ1) is 35.4. The van der Waals surface area contributed by atoms with Crippen LogP contribution >= 0.6 is 0 Å². The van der Waals surface area contributed by atoms with Crippen LogP contribution in [0.3, 0.4) is 0 Å². The van der Waals surface area contributed by atoms with Gasteiger partial charge in [0.15, 0.2) is 0 Å². The van der Waals surface area contributed by atoms with Crippen LogP contribution in [-0.4, -0.2) is 37.8 Å². The number of hydrogen-bond acceptors (Lipinski definition) is 1. The molecular weight excluding hydrogens is 416 g/mol. The van der Waals surface area contributed by atoms with Crippen molar-refractivity contribution in [3.05, 3.63) is 27.3 Å². The fraction of sp³-hybridized carbons (Fsp3) is 0.885. The largest absolute Gasteiger partial charge is 4.00 e. The van der Waals surface area contributed by atoms with E-state index in [-0.39, 0.29) is 49.5 Å². The molecule has 0 amide bonds. The Balaban J connectivity index is -0.00000182. The normalized spacial score (nSPS) is 26.0. The summed E-state index contributed by atoms with van der Waals surface area (Å²) in [6, 6.07) is 2.29. The van der Waals surface area contributed by atoms with Crippen LogP contribution in [0.15, 0.2) is 0 Å². The molecule has 0 spiro atoms. The first-order chi connectivity index (χ1) is 12.3. The number of likely N-dealkylation sites (tertiary alicyclic amines) is 1. The number of nitrogens with zero attached hydrogens (tertiary/aromatic N) is 2. The predicted molar refractivity (Wildman–Crippen MR) is 139 cm³/mol. The summed E-state index contributed by atoms with van der Waals surface area (Å²) < 4.78 is 0. The van der Waals surface area contributed by atoms with Crippen LogP contribution in [0, 0.1) is 28.2 Å². The third-order valence-electron chi connectivity index (χ3n) is 6.93. The predicted octanol–water partition coefficient (Wildman–Crippen LogP) is 8.71. The standard InChI is InChI=1S/C23H47N2Si.3CH3.Ti/c1-7-9-11-14-20-18-21(25-15-12-13-16-25)19-22(20)26(6,17-10-8-2)24-23(3,4)5;;;;/h20-22H,7-19H2,1-6H3;3*1H3;/q4*-1;+4/t20?,21?,22?,26-;;;;/m0..../s1. The van der Waals surface area contributed by atoms with Crippen molar-refractivity contribution in [2.45, 2.75) is 129 Å². The molecule has 1 saturated carbocycles. The Morgan fingerprint density at radius 1 is 0.900 bits per heavy atom. The molecule has 0 N–H and O–H groups in total. The molecule has 178 valence electrons. The van der Waals surface area contributed by atoms with Crippen LogP contribution in [0.25, 0.3) is 4.98 Å². The van der Waals surface area contributed by atoms with E-state index in [2.05, 4.69) is 46.1 Å². The Hall–Kier alpha value is 0.851. The van der Waals surface area contributed by atoms with Crippen molar-refractivity contribution in [2.75, 3.05) is 13.1 Å². The smallest absolute Gasteiger partial charge is 0.659 e. The molecule has 2 fully saturated rings. The molecule has 4 heteroatoms. The van der Waals surface area contributed by atoms with Crippen LogP contribution < -0.4 is 0 Å². The summed E-state index contributed by atoms with van der Waals surface area (Å²) in [7, 11) is -1.59. The van der Waals surface area contributed by atoms with Crippen molar-refractivity contribution in [3.8, 4) is 0 Å². The number of rotatable bonds is 10. The van der Waals surface area contributed by atoms with Crippen LogP contribution in [0.5, 0.6) is 0 Å². The van der Waals surface area contributed by atoms with Gasteiger partial charge in [-0.2, -0.15) is 0 Å². The maximum Gasteiger partial charge on any atom is 4.00 e. The monoisotopic (exact) mass is 472 g/mol. The van der Waals surface area contributed by atoms with Gasteiger partial charge in [-0.15, -0.1) is 5.54 Å². The molecule has 0 aromatic heterocycles. The topological polar surface area (TPSA) is 17.3 Å². The van der Waals surface area contributed by atoms with Crippen LogP contribution in [0.4, 0.5) is 0 Å². The minimum Gasteiger partial charge on any atom is -0.659 e. The molecular formula is C26H56N2SiTi. The second kappa shape index (κ2) is 16.5. The molecule has 0 bridgehead atoms. The fourth-order valence-corrected chi connectivity index (χ4v) is 11.2. The van der Waals surface area contributed by atoms with E-state index in [9.17, 15) is 0 Å². The van der Waals surface area contributed by atoms with Crippen molar-refractivity contribution >= 4 is 8.24 Å². The zero-order chi connectivity index (χ0) is 19.2. The quantitative estimate of drug-likeness (QED) is 0.176. The molecule has 30 heavy (non-hydrogen) atoms. The van der Waals surface area contributed by atoms with Gasteiger partial charge in [-0.1, -0.05) is 99.5 Å². The molecule has 0 aromatic carbocycles. The third kappa shape index (κ3) is 10.6. The summed E-state index contributed by atoms with van der Waals surface area (Å²) in [6.45, 7) is 17.1. The van der Waals surface area contributed by atoms with Gasteiger partial charge in [-0.25, -0.2) is 0 Å². The Morgan fingerprint density at radius 3 is 1.97 bits per heavy atom. The Kier molecular flexibility index (Phi) is 19.4. The molecule has 0 aromatic rings. The average molecular weight is 473 g/mol. The number of unbranched alkanes of at least 4 members (excludes halogenated alkanes) is 3. The molecule has 2 rings (SSSR count). The van der Waals surface area contributed by atoms with Gasteiger partial charge in [-0.05, 0) is 44.7 Å². The van der Waals surface area contributed by atoms with E-state index < -0.39 is 8.24 Å². The van der Waals surface area contributed by atoms with Crippen molar-refractivity contribution in [3.63, 3.8) is 0 Å². The summed E-state index contributed by atoms with van der Waals surface area (Å²) in [6.07, 6.45) is 14.2. The van der Waals surface area contributed by atoms with Crippen molar-refractivity contribution < 1.29 is 21.7 Å². The SMILES string of the molecule is CCCCCC1CC(N2CCCC2)CC1[Si@](C)(CCCC)[N-]C(C)(C)C.[CH3-].[CH3-].[CH3-].[Ti+4]. The summed E-state index contributed by atoms with van der Waals surface area (Å²) in [5.41, 5.74) is 1.06. The minimum atomic E-state index is -1.59. The fourth-order valence-electron chi connectivity index (χ4n) is 5.86.